The van der Waals surface area contributed by atoms with Crippen LogP contribution in [0.5, 0.6) is 11.5 Å². The van der Waals surface area contributed by atoms with E-state index in [2.05, 4.69) is 18.3 Å². The first-order chi connectivity index (χ1) is 10.0. The second kappa shape index (κ2) is 8.53. The van der Waals surface area contributed by atoms with Crippen LogP contribution in [0.25, 0.3) is 0 Å². The van der Waals surface area contributed by atoms with E-state index < -0.39 is 5.54 Å². The van der Waals surface area contributed by atoms with Gasteiger partial charge in [-0.3, -0.25) is 5.32 Å². The van der Waals surface area contributed by atoms with Gasteiger partial charge in [0.2, 0.25) is 0 Å². The van der Waals surface area contributed by atoms with Gasteiger partial charge in [0.1, 0.15) is 17.0 Å². The monoisotopic (exact) mass is 290 g/mol. The second-order valence-corrected chi connectivity index (χ2v) is 5.41. The van der Waals surface area contributed by atoms with Crippen molar-refractivity contribution in [3.8, 4) is 17.6 Å². The first-order valence-electron chi connectivity index (χ1n) is 7.58. The van der Waals surface area contributed by atoms with Gasteiger partial charge in [0.25, 0.3) is 0 Å². The van der Waals surface area contributed by atoms with Crippen LogP contribution < -0.4 is 14.8 Å². The lowest BCUT2D eigenvalue weighted by Gasteiger charge is -2.27. The normalized spacial score (nSPS) is 14.8. The van der Waals surface area contributed by atoms with Crippen LogP contribution in [-0.4, -0.2) is 24.8 Å². The highest BCUT2D eigenvalue weighted by Gasteiger charge is 2.26. The van der Waals surface area contributed by atoms with Crippen molar-refractivity contribution in [3.63, 3.8) is 0 Å². The third-order valence-electron chi connectivity index (χ3n) is 3.16. The molecule has 0 fully saturated rings. The zero-order chi connectivity index (χ0) is 15.7. The number of benzene rings is 1. The predicted octanol–water partition coefficient (Wildman–Crippen LogP) is 3.52. The molecule has 4 heteroatoms. The summed E-state index contributed by atoms with van der Waals surface area (Å²) in [6.45, 7) is 9.40. The first kappa shape index (κ1) is 17.3. The van der Waals surface area contributed by atoms with E-state index in [0.29, 0.717) is 13.0 Å². The van der Waals surface area contributed by atoms with Crippen LogP contribution in [0.1, 0.15) is 40.5 Å². The number of nitrogens with zero attached hydrogens (tertiary/aromatic N) is 1. The summed E-state index contributed by atoms with van der Waals surface area (Å²) >= 11 is 0. The lowest BCUT2D eigenvalue weighted by Crippen LogP contribution is -2.44. The minimum absolute atomic E-state index is 0.0594. The smallest absolute Gasteiger partial charge is 0.123 e. The first-order valence-corrected chi connectivity index (χ1v) is 7.58. The molecule has 1 aromatic carbocycles. The molecule has 0 radical (unpaired) electrons. The van der Waals surface area contributed by atoms with Crippen LogP contribution in [0.4, 0.5) is 0 Å². The number of rotatable bonds is 9. The summed E-state index contributed by atoms with van der Waals surface area (Å²) in [6, 6.07) is 9.94. The summed E-state index contributed by atoms with van der Waals surface area (Å²) in [5.74, 6) is 1.57. The molecule has 0 bridgehead atoms. The van der Waals surface area contributed by atoms with E-state index in [1.165, 1.54) is 0 Å². The zero-order valence-corrected chi connectivity index (χ0v) is 13.5. The third-order valence-corrected chi connectivity index (χ3v) is 3.16. The Balaban J connectivity index is 2.61. The van der Waals surface area contributed by atoms with Crippen molar-refractivity contribution in [1.29, 1.82) is 5.26 Å². The molecule has 0 aliphatic heterocycles. The molecule has 0 aromatic heterocycles. The largest absolute Gasteiger partial charge is 0.494 e. The molecule has 2 unspecified atom stereocenters. The average Bonchev–Trinajstić information content (AvgIpc) is 2.46. The maximum Gasteiger partial charge on any atom is 0.123 e. The molecule has 1 rings (SSSR count). The van der Waals surface area contributed by atoms with Crippen molar-refractivity contribution in [2.75, 3.05) is 13.2 Å². The molecule has 2 atom stereocenters. The van der Waals surface area contributed by atoms with E-state index in [-0.39, 0.29) is 6.10 Å². The Hall–Kier alpha value is -1.73. The van der Waals surface area contributed by atoms with E-state index in [9.17, 15) is 5.26 Å². The van der Waals surface area contributed by atoms with E-state index >= 15 is 0 Å². The Bertz CT molecular complexity index is 470. The Morgan fingerprint density at radius 3 is 2.67 bits per heavy atom. The van der Waals surface area contributed by atoms with E-state index in [0.717, 1.165) is 24.5 Å². The molecule has 0 aliphatic carbocycles. The molecule has 0 aliphatic rings. The minimum atomic E-state index is -0.563. The van der Waals surface area contributed by atoms with Crippen molar-refractivity contribution >= 4 is 0 Å². The van der Waals surface area contributed by atoms with Gasteiger partial charge in [0, 0.05) is 12.5 Å². The summed E-state index contributed by atoms with van der Waals surface area (Å²) in [4.78, 5) is 0. The number of hydrogen-bond donors (Lipinski definition) is 1. The van der Waals surface area contributed by atoms with Gasteiger partial charge in [-0.2, -0.15) is 5.26 Å². The highest BCUT2D eigenvalue weighted by molar-refractivity contribution is 5.33. The Morgan fingerprint density at radius 1 is 1.33 bits per heavy atom. The molecular weight excluding hydrogens is 264 g/mol. The topological polar surface area (TPSA) is 54.3 Å². The van der Waals surface area contributed by atoms with Gasteiger partial charge in [0.05, 0.1) is 18.8 Å². The van der Waals surface area contributed by atoms with Gasteiger partial charge in [-0.25, -0.2) is 0 Å². The molecule has 0 spiro atoms. The van der Waals surface area contributed by atoms with Crippen molar-refractivity contribution in [3.05, 3.63) is 24.3 Å². The molecule has 21 heavy (non-hydrogen) atoms. The quantitative estimate of drug-likeness (QED) is 0.756. The summed E-state index contributed by atoms with van der Waals surface area (Å²) in [7, 11) is 0. The molecular formula is C17H26N2O2. The standard InChI is InChI=1S/C17H26N2O2/c1-5-10-19-17(4,13-18)12-14(3)21-16-9-7-8-15(11-16)20-6-2/h7-9,11,14,19H,5-6,10,12H2,1-4H3. The molecule has 0 saturated carbocycles. The maximum absolute atomic E-state index is 9.35. The number of hydrogen-bond acceptors (Lipinski definition) is 4. The Labute approximate surface area is 128 Å². The van der Waals surface area contributed by atoms with Crippen LogP contribution in [0.2, 0.25) is 0 Å². The van der Waals surface area contributed by atoms with E-state index in [4.69, 9.17) is 9.47 Å². The fraction of sp³-hybridized carbons (Fsp3) is 0.588. The van der Waals surface area contributed by atoms with Crippen molar-refractivity contribution in [2.45, 2.75) is 52.2 Å². The average molecular weight is 290 g/mol. The summed E-state index contributed by atoms with van der Waals surface area (Å²) in [5.41, 5.74) is -0.563. The van der Waals surface area contributed by atoms with Crippen LogP contribution in [0, 0.1) is 11.3 Å². The molecule has 0 heterocycles. The number of nitrogens with one attached hydrogen (secondary N) is 1. The SMILES string of the molecule is CCCNC(C)(C#N)CC(C)Oc1cccc(OCC)c1. The van der Waals surface area contributed by atoms with Gasteiger partial charge in [-0.15, -0.1) is 0 Å². The van der Waals surface area contributed by atoms with Gasteiger partial charge >= 0.3 is 0 Å². The lowest BCUT2D eigenvalue weighted by molar-refractivity contribution is 0.179. The third kappa shape index (κ3) is 6.05. The Kier molecular flexibility index (Phi) is 7.04. The van der Waals surface area contributed by atoms with Crippen molar-refractivity contribution in [1.82, 2.24) is 5.32 Å². The summed E-state index contributed by atoms with van der Waals surface area (Å²) in [6.07, 6.45) is 1.57. The van der Waals surface area contributed by atoms with Crippen molar-refractivity contribution in [2.24, 2.45) is 0 Å². The van der Waals surface area contributed by atoms with Gasteiger partial charge in [0.15, 0.2) is 0 Å². The molecule has 1 aromatic rings. The van der Waals surface area contributed by atoms with Crippen LogP contribution in [0.15, 0.2) is 24.3 Å². The Morgan fingerprint density at radius 2 is 2.05 bits per heavy atom. The van der Waals surface area contributed by atoms with Crippen LogP contribution in [0.3, 0.4) is 0 Å². The summed E-state index contributed by atoms with van der Waals surface area (Å²) < 4.78 is 11.4. The van der Waals surface area contributed by atoms with Crippen LogP contribution in [-0.2, 0) is 0 Å². The molecule has 116 valence electrons. The maximum atomic E-state index is 9.35. The zero-order valence-electron chi connectivity index (χ0n) is 13.5. The number of ether oxygens (including phenoxy) is 2. The highest BCUT2D eigenvalue weighted by atomic mass is 16.5. The van der Waals surface area contributed by atoms with Gasteiger partial charge in [-0.05, 0) is 45.9 Å². The second-order valence-electron chi connectivity index (χ2n) is 5.41. The molecule has 0 amide bonds. The fourth-order valence-electron chi connectivity index (χ4n) is 2.21. The highest BCUT2D eigenvalue weighted by Crippen LogP contribution is 2.22. The van der Waals surface area contributed by atoms with Gasteiger partial charge < -0.3 is 9.47 Å². The van der Waals surface area contributed by atoms with Crippen LogP contribution >= 0.6 is 0 Å². The molecule has 0 saturated heterocycles. The van der Waals surface area contributed by atoms with E-state index in [1.54, 1.807) is 0 Å². The summed E-state index contributed by atoms with van der Waals surface area (Å²) in [5, 5.41) is 12.6. The molecule has 1 N–H and O–H groups in total. The number of nitriles is 1. The van der Waals surface area contributed by atoms with E-state index in [1.807, 2.05) is 45.0 Å². The predicted molar refractivity (Wildman–Crippen MR) is 84.6 cm³/mol. The lowest BCUT2D eigenvalue weighted by atomic mass is 9.96. The van der Waals surface area contributed by atoms with Gasteiger partial charge in [-0.1, -0.05) is 13.0 Å². The van der Waals surface area contributed by atoms with Crippen molar-refractivity contribution < 1.29 is 9.47 Å². The minimum Gasteiger partial charge on any atom is -0.494 e. The fourth-order valence-corrected chi connectivity index (χ4v) is 2.21. The molecule has 4 nitrogen and oxygen atoms in total.